The SMILES string of the molecule is CCCc1ccc(O)c(C=NC2CCC(N=Cc3cc(CCC)ccc3O)C2)c1. The van der Waals surface area contributed by atoms with E-state index in [-0.39, 0.29) is 23.6 Å². The van der Waals surface area contributed by atoms with Crippen molar-refractivity contribution in [3.63, 3.8) is 0 Å². The number of hydrogen-bond donors (Lipinski definition) is 2. The summed E-state index contributed by atoms with van der Waals surface area (Å²) in [6.45, 7) is 4.30. The second-order valence-corrected chi connectivity index (χ2v) is 7.96. The quantitative estimate of drug-likeness (QED) is 0.586. The van der Waals surface area contributed by atoms with Crippen molar-refractivity contribution in [2.24, 2.45) is 9.98 Å². The minimum atomic E-state index is 0.228. The number of hydrogen-bond acceptors (Lipinski definition) is 4. The molecule has 4 nitrogen and oxygen atoms in total. The van der Waals surface area contributed by atoms with Crippen molar-refractivity contribution in [3.8, 4) is 11.5 Å². The smallest absolute Gasteiger partial charge is 0.124 e. The van der Waals surface area contributed by atoms with Gasteiger partial charge in [-0.15, -0.1) is 0 Å². The van der Waals surface area contributed by atoms with Crippen LogP contribution in [0.25, 0.3) is 0 Å². The van der Waals surface area contributed by atoms with Crippen LogP contribution in [0.15, 0.2) is 46.4 Å². The molecule has 2 aromatic carbocycles. The lowest BCUT2D eigenvalue weighted by molar-refractivity contribution is 0.473. The maximum absolute atomic E-state index is 10.1. The van der Waals surface area contributed by atoms with Gasteiger partial charge in [0.1, 0.15) is 11.5 Å². The predicted molar refractivity (Wildman–Crippen MR) is 121 cm³/mol. The number of nitrogens with zero attached hydrogens (tertiary/aromatic N) is 2. The zero-order valence-electron chi connectivity index (χ0n) is 17.5. The molecule has 0 spiro atoms. The van der Waals surface area contributed by atoms with E-state index in [1.54, 1.807) is 12.1 Å². The summed E-state index contributed by atoms with van der Waals surface area (Å²) in [5.74, 6) is 0.562. The van der Waals surface area contributed by atoms with Gasteiger partial charge in [0.15, 0.2) is 0 Å². The minimum absolute atomic E-state index is 0.228. The van der Waals surface area contributed by atoms with Gasteiger partial charge in [-0.05, 0) is 67.5 Å². The number of aromatic hydroxyl groups is 2. The normalized spacial score (nSPS) is 19.5. The maximum Gasteiger partial charge on any atom is 0.124 e. The van der Waals surface area contributed by atoms with E-state index in [1.165, 1.54) is 11.1 Å². The van der Waals surface area contributed by atoms with Gasteiger partial charge in [0.25, 0.3) is 0 Å². The molecule has 2 atom stereocenters. The molecule has 0 saturated heterocycles. The molecule has 0 bridgehead atoms. The second-order valence-electron chi connectivity index (χ2n) is 7.96. The van der Waals surface area contributed by atoms with Gasteiger partial charge in [-0.1, -0.05) is 38.8 Å². The topological polar surface area (TPSA) is 65.2 Å². The Hall–Kier alpha value is -2.62. The van der Waals surface area contributed by atoms with Crippen molar-refractivity contribution in [2.75, 3.05) is 0 Å². The first-order valence-corrected chi connectivity index (χ1v) is 10.8. The second kappa shape index (κ2) is 10.2. The molecule has 0 heterocycles. The Labute approximate surface area is 174 Å². The summed E-state index contributed by atoms with van der Waals surface area (Å²) in [7, 11) is 0. The predicted octanol–water partition coefficient (Wildman–Crippen LogP) is 5.46. The summed E-state index contributed by atoms with van der Waals surface area (Å²) in [6, 6.07) is 12.0. The molecule has 1 aliphatic rings. The monoisotopic (exact) mass is 392 g/mol. The number of phenols is 2. The largest absolute Gasteiger partial charge is 0.507 e. The van der Waals surface area contributed by atoms with Crippen LogP contribution in [0.1, 0.15) is 68.2 Å². The van der Waals surface area contributed by atoms with Crippen LogP contribution >= 0.6 is 0 Å². The van der Waals surface area contributed by atoms with Gasteiger partial charge in [0.2, 0.25) is 0 Å². The van der Waals surface area contributed by atoms with Crippen LogP contribution in [-0.4, -0.2) is 34.7 Å². The maximum atomic E-state index is 10.1. The van der Waals surface area contributed by atoms with Crippen LogP contribution in [0.4, 0.5) is 0 Å². The Kier molecular flexibility index (Phi) is 7.45. The van der Waals surface area contributed by atoms with Gasteiger partial charge in [-0.2, -0.15) is 0 Å². The standard InChI is InChI=1S/C25H32N2O2/c1-3-5-18-7-11-24(28)20(13-18)16-26-22-9-10-23(15-22)27-17-21-14-19(6-4-2)8-12-25(21)29/h7-8,11-14,16-17,22-23,28-29H,3-6,9-10,15H2,1-2H3. The van der Waals surface area contributed by atoms with Crippen molar-refractivity contribution >= 4 is 12.4 Å². The average molecular weight is 393 g/mol. The average Bonchev–Trinajstić information content (AvgIpc) is 3.17. The van der Waals surface area contributed by atoms with E-state index >= 15 is 0 Å². The van der Waals surface area contributed by atoms with Gasteiger partial charge in [-0.25, -0.2) is 0 Å². The zero-order chi connectivity index (χ0) is 20.6. The fraction of sp³-hybridized carbons (Fsp3) is 0.440. The molecular formula is C25H32N2O2. The molecule has 2 unspecified atom stereocenters. The Morgan fingerprint density at radius 2 is 1.24 bits per heavy atom. The molecule has 1 aliphatic carbocycles. The van der Waals surface area contributed by atoms with E-state index in [1.807, 2.05) is 36.7 Å². The van der Waals surface area contributed by atoms with Gasteiger partial charge >= 0.3 is 0 Å². The summed E-state index contributed by atoms with van der Waals surface area (Å²) in [5, 5.41) is 20.2. The van der Waals surface area contributed by atoms with Crippen LogP contribution in [0.2, 0.25) is 0 Å². The number of rotatable bonds is 8. The summed E-state index contributed by atoms with van der Waals surface area (Å²) >= 11 is 0. The number of phenolic OH excluding ortho intramolecular Hbond substituents is 2. The molecule has 154 valence electrons. The summed E-state index contributed by atoms with van der Waals surface area (Å²) < 4.78 is 0. The lowest BCUT2D eigenvalue weighted by Crippen LogP contribution is -2.03. The van der Waals surface area contributed by atoms with E-state index in [9.17, 15) is 10.2 Å². The number of aryl methyl sites for hydroxylation is 2. The molecule has 2 N–H and O–H groups in total. The van der Waals surface area contributed by atoms with Crippen LogP contribution in [-0.2, 0) is 12.8 Å². The molecule has 0 amide bonds. The highest BCUT2D eigenvalue weighted by atomic mass is 16.3. The first-order valence-electron chi connectivity index (χ1n) is 10.8. The van der Waals surface area contributed by atoms with Gasteiger partial charge in [-0.3, -0.25) is 9.98 Å². The van der Waals surface area contributed by atoms with E-state index in [0.717, 1.165) is 56.1 Å². The molecule has 0 radical (unpaired) electrons. The fourth-order valence-corrected chi connectivity index (χ4v) is 3.88. The highest BCUT2D eigenvalue weighted by Crippen LogP contribution is 2.26. The molecule has 4 heteroatoms. The van der Waals surface area contributed by atoms with Gasteiger partial charge in [0.05, 0.1) is 12.1 Å². The summed E-state index contributed by atoms with van der Waals surface area (Å²) in [4.78, 5) is 9.42. The number of aliphatic imine (C=N–C) groups is 2. The molecular weight excluding hydrogens is 360 g/mol. The third-order valence-corrected chi connectivity index (χ3v) is 5.49. The van der Waals surface area contributed by atoms with Crippen LogP contribution in [0.5, 0.6) is 11.5 Å². The van der Waals surface area contributed by atoms with Gasteiger partial charge < -0.3 is 10.2 Å². The van der Waals surface area contributed by atoms with Crippen LogP contribution in [0, 0.1) is 0 Å². The van der Waals surface area contributed by atoms with Crippen molar-refractivity contribution in [2.45, 2.75) is 70.9 Å². The fourth-order valence-electron chi connectivity index (χ4n) is 3.88. The minimum Gasteiger partial charge on any atom is -0.507 e. The van der Waals surface area contributed by atoms with Crippen LogP contribution in [0.3, 0.4) is 0 Å². The van der Waals surface area contributed by atoms with Crippen LogP contribution < -0.4 is 0 Å². The molecule has 29 heavy (non-hydrogen) atoms. The molecule has 0 aliphatic heterocycles. The van der Waals surface area contributed by atoms with Crippen molar-refractivity contribution in [3.05, 3.63) is 58.7 Å². The number of benzene rings is 2. The first kappa shape index (κ1) is 21.1. The lowest BCUT2D eigenvalue weighted by atomic mass is 10.1. The third kappa shape index (κ3) is 5.93. The van der Waals surface area contributed by atoms with Crippen molar-refractivity contribution in [1.29, 1.82) is 0 Å². The van der Waals surface area contributed by atoms with E-state index < -0.39 is 0 Å². The van der Waals surface area contributed by atoms with Crippen molar-refractivity contribution in [1.82, 2.24) is 0 Å². The van der Waals surface area contributed by atoms with E-state index in [4.69, 9.17) is 9.98 Å². The van der Waals surface area contributed by atoms with Crippen molar-refractivity contribution < 1.29 is 10.2 Å². The Bertz CT molecular complexity index is 802. The molecule has 0 aromatic heterocycles. The van der Waals surface area contributed by atoms with Gasteiger partial charge in [0, 0.05) is 23.6 Å². The summed E-state index contributed by atoms with van der Waals surface area (Å²) in [5.41, 5.74) is 4.04. The third-order valence-electron chi connectivity index (χ3n) is 5.49. The Morgan fingerprint density at radius 3 is 1.66 bits per heavy atom. The molecule has 1 saturated carbocycles. The lowest BCUT2D eigenvalue weighted by Gasteiger charge is -2.06. The van der Waals surface area contributed by atoms with E-state index in [2.05, 4.69) is 13.8 Å². The van der Waals surface area contributed by atoms with E-state index in [0.29, 0.717) is 0 Å². The highest BCUT2D eigenvalue weighted by molar-refractivity contribution is 5.84. The molecule has 3 rings (SSSR count). The molecule has 2 aromatic rings. The molecule has 1 fully saturated rings. The highest BCUT2D eigenvalue weighted by Gasteiger charge is 2.23. The summed E-state index contributed by atoms with van der Waals surface area (Å²) in [6.07, 6.45) is 10.7. The Morgan fingerprint density at radius 1 is 0.793 bits per heavy atom. The zero-order valence-corrected chi connectivity index (χ0v) is 17.5. The first-order chi connectivity index (χ1) is 14.1. The Balaban J connectivity index is 1.61.